The fraction of sp³-hybridized carbons (Fsp3) is 0.278. The monoisotopic (exact) mass is 437 g/mol. The van der Waals surface area contributed by atoms with E-state index in [-0.39, 0.29) is 21.5 Å². The van der Waals surface area contributed by atoms with Crippen LogP contribution in [0.1, 0.15) is 30.2 Å². The van der Waals surface area contributed by atoms with Crippen molar-refractivity contribution in [3.05, 3.63) is 47.2 Å². The molecule has 2 heterocycles. The quantitative estimate of drug-likeness (QED) is 0.594. The number of nitrogens with zero attached hydrogens (tertiary/aromatic N) is 4. The van der Waals surface area contributed by atoms with Gasteiger partial charge in [0.2, 0.25) is 0 Å². The van der Waals surface area contributed by atoms with Crippen LogP contribution in [0.15, 0.2) is 41.6 Å². The smallest absolute Gasteiger partial charge is 0.266 e. The molecule has 0 unspecified atom stereocenters. The molecule has 3 rings (SSSR count). The highest BCUT2D eigenvalue weighted by Crippen LogP contribution is 2.26. The number of halogens is 1. The zero-order valence-corrected chi connectivity index (χ0v) is 17.8. The van der Waals surface area contributed by atoms with Crippen LogP contribution in [-0.4, -0.2) is 47.7 Å². The van der Waals surface area contributed by atoms with Crippen LogP contribution in [0.3, 0.4) is 0 Å². The van der Waals surface area contributed by atoms with Crippen LogP contribution in [0.25, 0.3) is 11.0 Å². The number of aromatic nitrogens is 3. The third-order valence-electron chi connectivity index (χ3n) is 4.25. The molecule has 2 aromatic heterocycles. The van der Waals surface area contributed by atoms with Crippen LogP contribution in [0.4, 0.5) is 5.69 Å². The molecule has 0 atom stereocenters. The number of anilines is 1. The number of rotatable bonds is 6. The number of amides is 1. The van der Waals surface area contributed by atoms with Crippen LogP contribution in [0.2, 0.25) is 5.02 Å². The van der Waals surface area contributed by atoms with Crippen molar-refractivity contribution in [2.24, 2.45) is 0 Å². The van der Waals surface area contributed by atoms with Gasteiger partial charge in [0, 0.05) is 24.0 Å². The Morgan fingerprint density at radius 2 is 2.00 bits per heavy atom. The molecular formula is C18H20ClN5O4S. The van der Waals surface area contributed by atoms with E-state index in [1.807, 2.05) is 13.8 Å². The molecule has 0 saturated heterocycles. The lowest BCUT2D eigenvalue weighted by Gasteiger charge is -2.16. The maximum Gasteiger partial charge on any atom is 0.266 e. The Hall–Kier alpha value is -2.53. The van der Waals surface area contributed by atoms with Crippen molar-refractivity contribution >= 4 is 44.3 Å². The van der Waals surface area contributed by atoms with E-state index in [0.717, 1.165) is 5.39 Å². The summed E-state index contributed by atoms with van der Waals surface area (Å²) in [6, 6.07) is 5.89. The van der Waals surface area contributed by atoms with E-state index in [0.29, 0.717) is 15.8 Å². The Morgan fingerprint density at radius 1 is 1.28 bits per heavy atom. The van der Waals surface area contributed by atoms with Crippen molar-refractivity contribution in [3.8, 4) is 0 Å². The Labute approximate surface area is 173 Å². The molecule has 29 heavy (non-hydrogen) atoms. The highest BCUT2D eigenvalue weighted by Gasteiger charge is 2.25. The molecule has 0 aliphatic rings. The fourth-order valence-electron chi connectivity index (χ4n) is 2.67. The number of pyridine rings is 1. The predicted molar refractivity (Wildman–Crippen MR) is 109 cm³/mol. The first-order valence-corrected chi connectivity index (χ1v) is 10.4. The summed E-state index contributed by atoms with van der Waals surface area (Å²) in [5.41, 5.74) is 1.29. The fourth-order valence-corrected chi connectivity index (χ4v) is 4.14. The molecule has 9 nitrogen and oxygen atoms in total. The van der Waals surface area contributed by atoms with Crippen molar-refractivity contribution in [1.29, 1.82) is 0 Å². The van der Waals surface area contributed by atoms with Gasteiger partial charge in [-0.05, 0) is 38.1 Å². The molecule has 0 fully saturated rings. The Bertz CT molecular complexity index is 1180. The topological polar surface area (TPSA) is 106 Å². The number of benzene rings is 1. The first-order valence-electron chi connectivity index (χ1n) is 8.62. The molecule has 0 aliphatic heterocycles. The van der Waals surface area contributed by atoms with Crippen LogP contribution >= 0.6 is 11.6 Å². The largest absolute Gasteiger partial charge is 0.321 e. The van der Waals surface area contributed by atoms with Gasteiger partial charge in [-0.3, -0.25) is 9.63 Å². The maximum absolute atomic E-state index is 12.7. The number of sulfonamides is 1. The lowest BCUT2D eigenvalue weighted by molar-refractivity contribution is -0.0258. The summed E-state index contributed by atoms with van der Waals surface area (Å²) in [4.78, 5) is 21.5. The zero-order valence-electron chi connectivity index (χ0n) is 16.2. The normalized spacial score (nSPS) is 12.1. The third-order valence-corrected chi connectivity index (χ3v) is 6.41. The van der Waals surface area contributed by atoms with Crippen LogP contribution in [0, 0.1) is 0 Å². The molecule has 0 radical (unpaired) electrons. The summed E-state index contributed by atoms with van der Waals surface area (Å²) in [5.74, 6) is -0.504. The van der Waals surface area contributed by atoms with E-state index in [1.165, 1.54) is 38.6 Å². The van der Waals surface area contributed by atoms with E-state index in [2.05, 4.69) is 15.4 Å². The summed E-state index contributed by atoms with van der Waals surface area (Å²) in [5, 5.41) is 7.76. The number of fused-ring (bicyclic) bond motifs is 1. The van der Waals surface area contributed by atoms with E-state index < -0.39 is 15.9 Å². The summed E-state index contributed by atoms with van der Waals surface area (Å²) in [6.45, 7) is 3.99. The molecule has 1 amide bonds. The van der Waals surface area contributed by atoms with Gasteiger partial charge in [0.15, 0.2) is 5.65 Å². The first-order chi connectivity index (χ1) is 13.6. The average molecular weight is 438 g/mol. The number of carbonyl (C=O) groups is 1. The van der Waals surface area contributed by atoms with E-state index >= 15 is 0 Å². The minimum atomic E-state index is -4.01. The van der Waals surface area contributed by atoms with Crippen LogP contribution in [0.5, 0.6) is 0 Å². The lowest BCUT2D eigenvalue weighted by atomic mass is 10.2. The second-order valence-electron chi connectivity index (χ2n) is 6.52. The van der Waals surface area contributed by atoms with Gasteiger partial charge in [-0.1, -0.05) is 16.1 Å². The maximum atomic E-state index is 12.7. The van der Waals surface area contributed by atoms with E-state index in [1.54, 1.807) is 16.9 Å². The van der Waals surface area contributed by atoms with Gasteiger partial charge in [-0.25, -0.2) is 18.1 Å². The molecule has 0 bridgehead atoms. The molecule has 3 aromatic rings. The van der Waals surface area contributed by atoms with Gasteiger partial charge in [0.05, 0.1) is 30.2 Å². The molecule has 1 aromatic carbocycles. The third kappa shape index (κ3) is 4.10. The number of carbonyl (C=O) groups excluding carboxylic acids is 1. The summed E-state index contributed by atoms with van der Waals surface area (Å²) in [6.07, 6.45) is 3.19. The van der Waals surface area contributed by atoms with Crippen LogP contribution < -0.4 is 5.32 Å². The molecule has 0 spiro atoms. The molecule has 11 heteroatoms. The Balaban J connectivity index is 1.90. The number of hydroxylamine groups is 1. The molecule has 1 N–H and O–H groups in total. The second-order valence-corrected chi connectivity index (χ2v) is 8.83. The van der Waals surface area contributed by atoms with Crippen LogP contribution in [-0.2, 0) is 14.9 Å². The highest BCUT2D eigenvalue weighted by atomic mass is 35.5. The predicted octanol–water partition coefficient (Wildman–Crippen LogP) is 3.10. The van der Waals surface area contributed by atoms with Gasteiger partial charge in [0.1, 0.15) is 4.90 Å². The van der Waals surface area contributed by atoms with E-state index in [9.17, 15) is 13.2 Å². The number of hydrogen-bond acceptors (Lipinski definition) is 6. The summed E-state index contributed by atoms with van der Waals surface area (Å²) < 4.78 is 27.4. The molecule has 154 valence electrons. The van der Waals surface area contributed by atoms with Crippen molar-refractivity contribution in [1.82, 2.24) is 19.2 Å². The SMILES string of the molecule is CON(C)S(=O)(=O)c1cc(C(=O)Nc2cnc3c(cnn3C(C)C)c2)ccc1Cl. The minimum Gasteiger partial charge on any atom is -0.321 e. The first kappa shape index (κ1) is 21.2. The van der Waals surface area contributed by atoms with E-state index in [4.69, 9.17) is 16.4 Å². The lowest BCUT2D eigenvalue weighted by Crippen LogP contribution is -2.26. The van der Waals surface area contributed by atoms with Gasteiger partial charge < -0.3 is 5.32 Å². The minimum absolute atomic E-state index is 0.0189. The van der Waals surface area contributed by atoms with Gasteiger partial charge >= 0.3 is 0 Å². The van der Waals surface area contributed by atoms with Crippen molar-refractivity contribution in [3.63, 3.8) is 0 Å². The Kier molecular flexibility index (Phi) is 5.90. The van der Waals surface area contributed by atoms with Gasteiger partial charge in [-0.15, -0.1) is 0 Å². The number of hydrogen-bond donors (Lipinski definition) is 1. The average Bonchev–Trinajstić information content (AvgIpc) is 3.10. The summed E-state index contributed by atoms with van der Waals surface area (Å²) >= 11 is 6.03. The second kappa shape index (κ2) is 8.07. The zero-order chi connectivity index (χ0) is 21.3. The number of nitrogens with one attached hydrogen (secondary N) is 1. The molecular weight excluding hydrogens is 418 g/mol. The Morgan fingerprint density at radius 3 is 2.66 bits per heavy atom. The standard InChI is InChI=1S/C18H20ClN5O4S/c1-11(2)24-17-13(9-21-24)7-14(10-20-17)22-18(25)12-5-6-15(19)16(8-12)29(26,27)23(3)28-4/h5-11H,1-4H3,(H,22,25). The van der Waals surface area contributed by atoms with Crippen molar-refractivity contribution < 1.29 is 18.0 Å². The molecule has 0 aliphatic carbocycles. The van der Waals surface area contributed by atoms with Gasteiger partial charge in [-0.2, -0.15) is 5.10 Å². The van der Waals surface area contributed by atoms with Gasteiger partial charge in [0.25, 0.3) is 15.9 Å². The molecule has 0 saturated carbocycles. The van der Waals surface area contributed by atoms with Crippen molar-refractivity contribution in [2.75, 3.05) is 19.5 Å². The highest BCUT2D eigenvalue weighted by molar-refractivity contribution is 7.89. The summed E-state index contributed by atoms with van der Waals surface area (Å²) in [7, 11) is -1.56. The van der Waals surface area contributed by atoms with Crippen molar-refractivity contribution in [2.45, 2.75) is 24.8 Å².